The van der Waals surface area contributed by atoms with Crippen LogP contribution >= 0.6 is 0 Å². The van der Waals surface area contributed by atoms with Crippen LogP contribution in [0.25, 0.3) is 0 Å². The zero-order valence-corrected chi connectivity index (χ0v) is 10.4. The lowest BCUT2D eigenvalue weighted by Crippen LogP contribution is -2.32. The maximum atomic E-state index is 13.0. The minimum absolute atomic E-state index is 0.0411. The predicted octanol–water partition coefficient (Wildman–Crippen LogP) is 2.44. The number of aromatic hydroxyl groups is 1. The molecule has 1 atom stereocenters. The molecule has 0 aliphatic rings. The normalized spacial score (nSPS) is 12.6. The van der Waals surface area contributed by atoms with Gasteiger partial charge in [0.25, 0.3) is 0 Å². The lowest BCUT2D eigenvalue weighted by Gasteiger charge is -2.17. The summed E-state index contributed by atoms with van der Waals surface area (Å²) in [7, 11) is 1.67. The second kappa shape index (κ2) is 7.25. The SMILES string of the molecule is CCCC(COC)NCc1cc(O)cc(F)c1. The Morgan fingerprint density at radius 2 is 2.18 bits per heavy atom. The molecule has 0 saturated heterocycles. The lowest BCUT2D eigenvalue weighted by atomic mass is 10.1. The van der Waals surface area contributed by atoms with Gasteiger partial charge in [0.15, 0.2) is 0 Å². The molecule has 1 rings (SSSR count). The van der Waals surface area contributed by atoms with E-state index in [-0.39, 0.29) is 11.8 Å². The summed E-state index contributed by atoms with van der Waals surface area (Å²) in [6.07, 6.45) is 2.07. The number of hydrogen-bond donors (Lipinski definition) is 2. The van der Waals surface area contributed by atoms with Gasteiger partial charge in [-0.2, -0.15) is 0 Å². The van der Waals surface area contributed by atoms with E-state index in [9.17, 15) is 9.50 Å². The summed E-state index contributed by atoms with van der Waals surface area (Å²) in [6, 6.07) is 4.34. The van der Waals surface area contributed by atoms with Crippen LogP contribution in [-0.4, -0.2) is 24.9 Å². The molecule has 0 aromatic heterocycles. The number of rotatable bonds is 7. The average Bonchev–Trinajstić information content (AvgIpc) is 2.25. The summed E-state index contributed by atoms with van der Waals surface area (Å²) in [5.41, 5.74) is 0.736. The number of ether oxygens (including phenoxy) is 1. The molecule has 1 aromatic carbocycles. The van der Waals surface area contributed by atoms with E-state index < -0.39 is 5.82 Å². The highest BCUT2D eigenvalue weighted by Crippen LogP contribution is 2.14. The number of phenolic OH excluding ortho intramolecular Hbond substituents is 1. The Morgan fingerprint density at radius 3 is 2.76 bits per heavy atom. The first kappa shape index (κ1) is 13.9. The van der Waals surface area contributed by atoms with Crippen molar-refractivity contribution in [3.63, 3.8) is 0 Å². The Labute approximate surface area is 102 Å². The van der Waals surface area contributed by atoms with Gasteiger partial charge in [0.05, 0.1) is 6.61 Å². The number of phenols is 1. The van der Waals surface area contributed by atoms with Crippen LogP contribution in [0.2, 0.25) is 0 Å². The predicted molar refractivity (Wildman–Crippen MR) is 65.5 cm³/mol. The molecule has 0 spiro atoms. The smallest absolute Gasteiger partial charge is 0.127 e. The van der Waals surface area contributed by atoms with E-state index in [4.69, 9.17) is 4.74 Å². The maximum absolute atomic E-state index is 13.0. The number of halogens is 1. The van der Waals surface area contributed by atoms with E-state index in [2.05, 4.69) is 12.2 Å². The summed E-state index contributed by atoms with van der Waals surface area (Å²) >= 11 is 0. The average molecular weight is 241 g/mol. The van der Waals surface area contributed by atoms with Gasteiger partial charge in [-0.1, -0.05) is 13.3 Å². The van der Waals surface area contributed by atoms with Crippen molar-refractivity contribution >= 4 is 0 Å². The molecule has 0 amide bonds. The molecule has 17 heavy (non-hydrogen) atoms. The van der Waals surface area contributed by atoms with Gasteiger partial charge in [-0.05, 0) is 24.1 Å². The molecule has 0 aliphatic heterocycles. The summed E-state index contributed by atoms with van der Waals surface area (Å²) < 4.78 is 18.1. The molecule has 3 nitrogen and oxygen atoms in total. The molecule has 1 unspecified atom stereocenters. The summed E-state index contributed by atoms with van der Waals surface area (Å²) in [5.74, 6) is -0.457. The van der Waals surface area contributed by atoms with E-state index in [1.165, 1.54) is 6.07 Å². The van der Waals surface area contributed by atoms with Crippen LogP contribution in [-0.2, 0) is 11.3 Å². The quantitative estimate of drug-likeness (QED) is 0.770. The molecule has 0 heterocycles. The molecular formula is C13H20FNO2. The van der Waals surface area contributed by atoms with E-state index in [0.717, 1.165) is 24.5 Å². The van der Waals surface area contributed by atoms with Crippen LogP contribution in [0.5, 0.6) is 5.75 Å². The van der Waals surface area contributed by atoms with Crippen molar-refractivity contribution in [2.45, 2.75) is 32.4 Å². The molecule has 1 aromatic rings. The third kappa shape index (κ3) is 5.15. The number of hydrogen-bond acceptors (Lipinski definition) is 3. The molecule has 0 fully saturated rings. The van der Waals surface area contributed by atoms with Crippen LogP contribution in [0.15, 0.2) is 18.2 Å². The molecule has 0 radical (unpaired) electrons. The van der Waals surface area contributed by atoms with Gasteiger partial charge in [-0.25, -0.2) is 4.39 Å². The molecule has 0 aliphatic carbocycles. The van der Waals surface area contributed by atoms with E-state index >= 15 is 0 Å². The van der Waals surface area contributed by atoms with Crippen molar-refractivity contribution in [3.8, 4) is 5.75 Å². The van der Waals surface area contributed by atoms with Gasteiger partial charge in [0, 0.05) is 25.8 Å². The summed E-state index contributed by atoms with van der Waals surface area (Å²) in [6.45, 7) is 3.27. The minimum atomic E-state index is -0.416. The van der Waals surface area contributed by atoms with E-state index in [0.29, 0.717) is 13.2 Å². The van der Waals surface area contributed by atoms with Gasteiger partial charge < -0.3 is 15.2 Å². The first-order chi connectivity index (χ1) is 8.15. The molecule has 2 N–H and O–H groups in total. The second-order valence-electron chi connectivity index (χ2n) is 4.14. The highest BCUT2D eigenvalue weighted by molar-refractivity contribution is 5.28. The third-order valence-electron chi connectivity index (χ3n) is 2.54. The van der Waals surface area contributed by atoms with E-state index in [1.54, 1.807) is 13.2 Å². The first-order valence-corrected chi connectivity index (χ1v) is 5.86. The zero-order valence-electron chi connectivity index (χ0n) is 10.4. The minimum Gasteiger partial charge on any atom is -0.508 e. The number of nitrogens with one attached hydrogen (secondary N) is 1. The largest absolute Gasteiger partial charge is 0.508 e. The molecular weight excluding hydrogens is 221 g/mol. The fourth-order valence-corrected chi connectivity index (χ4v) is 1.79. The van der Waals surface area contributed by atoms with Crippen LogP contribution < -0.4 is 5.32 Å². The highest BCUT2D eigenvalue weighted by atomic mass is 19.1. The van der Waals surface area contributed by atoms with Crippen LogP contribution in [0, 0.1) is 5.82 Å². The standard InChI is InChI=1S/C13H20FNO2/c1-3-4-12(9-17-2)15-8-10-5-11(14)7-13(16)6-10/h5-7,12,15-16H,3-4,8-9H2,1-2H3. The molecule has 0 bridgehead atoms. The van der Waals surface area contributed by atoms with Crippen molar-refractivity contribution < 1.29 is 14.2 Å². The topological polar surface area (TPSA) is 41.5 Å². The van der Waals surface area contributed by atoms with Gasteiger partial charge in [-0.15, -0.1) is 0 Å². The van der Waals surface area contributed by atoms with Crippen LogP contribution in [0.3, 0.4) is 0 Å². The molecule has 96 valence electrons. The van der Waals surface area contributed by atoms with Crippen molar-refractivity contribution in [1.82, 2.24) is 5.32 Å². The Hall–Kier alpha value is -1.13. The van der Waals surface area contributed by atoms with Crippen molar-refractivity contribution in [3.05, 3.63) is 29.6 Å². The first-order valence-electron chi connectivity index (χ1n) is 5.86. The summed E-state index contributed by atoms with van der Waals surface area (Å²) in [4.78, 5) is 0. The Bertz CT molecular complexity index is 318. The van der Waals surface area contributed by atoms with Gasteiger partial charge in [-0.3, -0.25) is 0 Å². The number of methoxy groups -OCH3 is 1. The second-order valence-corrected chi connectivity index (χ2v) is 4.14. The Morgan fingerprint density at radius 1 is 1.41 bits per heavy atom. The van der Waals surface area contributed by atoms with Crippen LogP contribution in [0.4, 0.5) is 4.39 Å². The fourth-order valence-electron chi connectivity index (χ4n) is 1.79. The van der Waals surface area contributed by atoms with Crippen LogP contribution in [0.1, 0.15) is 25.3 Å². The van der Waals surface area contributed by atoms with E-state index in [1.807, 2.05) is 0 Å². The third-order valence-corrected chi connectivity index (χ3v) is 2.54. The highest BCUT2D eigenvalue weighted by Gasteiger charge is 2.07. The van der Waals surface area contributed by atoms with Gasteiger partial charge >= 0.3 is 0 Å². The lowest BCUT2D eigenvalue weighted by molar-refractivity contribution is 0.161. The monoisotopic (exact) mass is 241 g/mol. The van der Waals surface area contributed by atoms with Gasteiger partial charge in [0.1, 0.15) is 11.6 Å². The van der Waals surface area contributed by atoms with Crippen molar-refractivity contribution in [1.29, 1.82) is 0 Å². The zero-order chi connectivity index (χ0) is 12.7. The summed E-state index contributed by atoms with van der Waals surface area (Å²) in [5, 5.41) is 12.6. The van der Waals surface area contributed by atoms with Crippen molar-refractivity contribution in [2.24, 2.45) is 0 Å². The Kier molecular flexibility index (Phi) is 5.94. The van der Waals surface area contributed by atoms with Gasteiger partial charge in [0.2, 0.25) is 0 Å². The maximum Gasteiger partial charge on any atom is 0.127 e. The van der Waals surface area contributed by atoms with Crippen molar-refractivity contribution in [2.75, 3.05) is 13.7 Å². The molecule has 0 saturated carbocycles. The number of benzene rings is 1. The Balaban J connectivity index is 2.52. The fraction of sp³-hybridized carbons (Fsp3) is 0.538. The molecule has 4 heteroatoms.